The minimum absolute atomic E-state index is 0.230. The first-order chi connectivity index (χ1) is 9.75. The average molecular weight is 291 g/mol. The van der Waals surface area contributed by atoms with Gasteiger partial charge in [0.15, 0.2) is 0 Å². The molecule has 0 saturated carbocycles. The van der Waals surface area contributed by atoms with Gasteiger partial charge in [0.25, 0.3) is 5.91 Å². The Balaban J connectivity index is 3.11. The second-order valence-corrected chi connectivity index (χ2v) is 5.80. The van der Waals surface area contributed by atoms with Gasteiger partial charge < -0.3 is 10.1 Å². The summed E-state index contributed by atoms with van der Waals surface area (Å²) >= 11 is 0. The van der Waals surface area contributed by atoms with E-state index in [1.165, 1.54) is 7.11 Å². The molecule has 0 aliphatic rings. The summed E-state index contributed by atoms with van der Waals surface area (Å²) in [4.78, 5) is 24.6. The van der Waals surface area contributed by atoms with E-state index in [-0.39, 0.29) is 5.91 Å². The topological polar surface area (TPSA) is 55.4 Å². The number of methoxy groups -OCH3 is 1. The fourth-order valence-corrected chi connectivity index (χ4v) is 2.79. The van der Waals surface area contributed by atoms with Crippen LogP contribution in [0.3, 0.4) is 0 Å². The molecule has 1 N–H and O–H groups in total. The Bertz CT molecular complexity index is 528. The molecular formula is C17H25NO3. The van der Waals surface area contributed by atoms with Crippen molar-refractivity contribution >= 4 is 11.9 Å². The van der Waals surface area contributed by atoms with Gasteiger partial charge in [0.05, 0.1) is 7.11 Å². The summed E-state index contributed by atoms with van der Waals surface area (Å²) in [5.74, 6) is -0.647. The van der Waals surface area contributed by atoms with Gasteiger partial charge in [0.1, 0.15) is 5.54 Å². The molecule has 0 aliphatic carbocycles. The summed E-state index contributed by atoms with van der Waals surface area (Å²) < 4.78 is 4.83. The molecule has 0 aliphatic heterocycles. The molecule has 0 radical (unpaired) electrons. The van der Waals surface area contributed by atoms with Crippen molar-refractivity contribution in [2.75, 3.05) is 7.11 Å². The van der Waals surface area contributed by atoms with Gasteiger partial charge in [-0.2, -0.15) is 0 Å². The van der Waals surface area contributed by atoms with Crippen LogP contribution in [0.2, 0.25) is 0 Å². The van der Waals surface area contributed by atoms with E-state index < -0.39 is 11.5 Å². The molecule has 0 heterocycles. The largest absolute Gasteiger partial charge is 0.467 e. The SMILES string of the molecule is CCCC(C)(NC(=O)c1c(C)cc(C)cc1C)C(=O)OC. The molecule has 21 heavy (non-hydrogen) atoms. The number of benzene rings is 1. The zero-order chi connectivity index (χ0) is 16.2. The number of ether oxygens (including phenoxy) is 1. The summed E-state index contributed by atoms with van der Waals surface area (Å²) in [5, 5.41) is 2.85. The van der Waals surface area contributed by atoms with E-state index in [1.807, 2.05) is 39.8 Å². The van der Waals surface area contributed by atoms with Gasteiger partial charge >= 0.3 is 5.97 Å². The number of esters is 1. The van der Waals surface area contributed by atoms with Gasteiger partial charge in [-0.25, -0.2) is 4.79 Å². The van der Waals surface area contributed by atoms with Gasteiger partial charge in [-0.3, -0.25) is 4.79 Å². The van der Waals surface area contributed by atoms with Crippen LogP contribution in [-0.2, 0) is 9.53 Å². The molecule has 0 bridgehead atoms. The van der Waals surface area contributed by atoms with Crippen molar-refractivity contribution in [3.05, 3.63) is 34.4 Å². The maximum Gasteiger partial charge on any atom is 0.331 e. The lowest BCUT2D eigenvalue weighted by Gasteiger charge is -2.28. The molecule has 4 heteroatoms. The molecule has 1 unspecified atom stereocenters. The van der Waals surface area contributed by atoms with Crippen molar-refractivity contribution < 1.29 is 14.3 Å². The Kier molecular flexibility index (Phi) is 5.53. The van der Waals surface area contributed by atoms with Crippen LogP contribution in [0.4, 0.5) is 0 Å². The fraction of sp³-hybridized carbons (Fsp3) is 0.529. The average Bonchev–Trinajstić information content (AvgIpc) is 2.36. The Morgan fingerprint density at radius 3 is 2.14 bits per heavy atom. The first-order valence-electron chi connectivity index (χ1n) is 7.24. The van der Waals surface area contributed by atoms with Crippen LogP contribution in [0.1, 0.15) is 53.7 Å². The van der Waals surface area contributed by atoms with Crippen molar-refractivity contribution in [2.24, 2.45) is 0 Å². The molecule has 0 fully saturated rings. The predicted molar refractivity (Wildman–Crippen MR) is 83.4 cm³/mol. The summed E-state index contributed by atoms with van der Waals surface area (Å²) in [6.07, 6.45) is 1.31. The number of hydrogen-bond donors (Lipinski definition) is 1. The van der Waals surface area contributed by atoms with Crippen LogP contribution < -0.4 is 5.32 Å². The Hall–Kier alpha value is -1.84. The minimum atomic E-state index is -0.996. The van der Waals surface area contributed by atoms with E-state index in [0.717, 1.165) is 23.1 Å². The van der Waals surface area contributed by atoms with Crippen LogP contribution in [-0.4, -0.2) is 24.5 Å². The highest BCUT2D eigenvalue weighted by Gasteiger charge is 2.35. The van der Waals surface area contributed by atoms with Crippen LogP contribution in [0.5, 0.6) is 0 Å². The van der Waals surface area contributed by atoms with Crippen LogP contribution >= 0.6 is 0 Å². The quantitative estimate of drug-likeness (QED) is 0.848. The normalized spacial score (nSPS) is 13.4. The van der Waals surface area contributed by atoms with Crippen molar-refractivity contribution in [1.29, 1.82) is 0 Å². The van der Waals surface area contributed by atoms with Crippen LogP contribution in [0, 0.1) is 20.8 Å². The first kappa shape index (κ1) is 17.2. The highest BCUT2D eigenvalue weighted by Crippen LogP contribution is 2.20. The molecule has 1 aromatic rings. The molecular weight excluding hydrogens is 266 g/mol. The van der Waals surface area contributed by atoms with Crippen LogP contribution in [0.15, 0.2) is 12.1 Å². The lowest BCUT2D eigenvalue weighted by atomic mass is 9.93. The third kappa shape index (κ3) is 3.84. The fourth-order valence-electron chi connectivity index (χ4n) is 2.79. The third-order valence-electron chi connectivity index (χ3n) is 3.68. The molecule has 1 rings (SSSR count). The van der Waals surface area contributed by atoms with Gasteiger partial charge in [0.2, 0.25) is 0 Å². The van der Waals surface area contributed by atoms with Crippen molar-refractivity contribution in [1.82, 2.24) is 5.32 Å². The van der Waals surface area contributed by atoms with Gasteiger partial charge in [-0.15, -0.1) is 0 Å². The maximum absolute atomic E-state index is 12.6. The molecule has 1 amide bonds. The van der Waals surface area contributed by atoms with Crippen molar-refractivity contribution in [3.8, 4) is 0 Å². The van der Waals surface area contributed by atoms with Gasteiger partial charge in [-0.05, 0) is 45.2 Å². The summed E-state index contributed by atoms with van der Waals surface area (Å²) in [5.41, 5.74) is 2.57. The first-order valence-corrected chi connectivity index (χ1v) is 7.24. The van der Waals surface area contributed by atoms with Crippen LogP contribution in [0.25, 0.3) is 0 Å². The van der Waals surface area contributed by atoms with E-state index in [0.29, 0.717) is 12.0 Å². The highest BCUT2D eigenvalue weighted by molar-refractivity contribution is 6.00. The maximum atomic E-state index is 12.6. The third-order valence-corrected chi connectivity index (χ3v) is 3.68. The zero-order valence-corrected chi connectivity index (χ0v) is 13.8. The van der Waals surface area contributed by atoms with Crippen molar-refractivity contribution in [2.45, 2.75) is 53.0 Å². The monoisotopic (exact) mass is 291 g/mol. The standard InChI is InChI=1S/C17H25NO3/c1-7-8-17(5,16(20)21-6)18-15(19)14-12(3)9-11(2)10-13(14)4/h9-10H,7-8H2,1-6H3,(H,18,19). The minimum Gasteiger partial charge on any atom is -0.467 e. The van der Waals surface area contributed by atoms with Gasteiger partial charge in [-0.1, -0.05) is 31.0 Å². The molecule has 4 nitrogen and oxygen atoms in total. The number of nitrogens with one attached hydrogen (secondary N) is 1. The predicted octanol–water partition coefficient (Wildman–Crippen LogP) is 3.07. The highest BCUT2D eigenvalue weighted by atomic mass is 16.5. The molecule has 1 aromatic carbocycles. The second-order valence-electron chi connectivity index (χ2n) is 5.80. The molecule has 1 atom stereocenters. The summed E-state index contributed by atoms with van der Waals surface area (Å²) in [6, 6.07) is 3.94. The van der Waals surface area contributed by atoms with E-state index in [1.54, 1.807) is 6.92 Å². The molecule has 0 spiro atoms. The Labute approximate surface area is 126 Å². The number of aryl methyl sites for hydroxylation is 3. The Morgan fingerprint density at radius 1 is 1.19 bits per heavy atom. The number of amides is 1. The number of carbonyl (C=O) groups is 2. The molecule has 0 aromatic heterocycles. The lowest BCUT2D eigenvalue weighted by Crippen LogP contribution is -2.53. The number of carbonyl (C=O) groups excluding carboxylic acids is 2. The van der Waals surface area contributed by atoms with Crippen molar-refractivity contribution in [3.63, 3.8) is 0 Å². The van der Waals surface area contributed by atoms with E-state index in [9.17, 15) is 9.59 Å². The molecule has 0 saturated heterocycles. The van der Waals surface area contributed by atoms with E-state index >= 15 is 0 Å². The Morgan fingerprint density at radius 2 is 1.71 bits per heavy atom. The number of rotatable bonds is 5. The lowest BCUT2D eigenvalue weighted by molar-refractivity contribution is -0.147. The van der Waals surface area contributed by atoms with E-state index in [2.05, 4.69) is 5.32 Å². The molecule has 116 valence electrons. The van der Waals surface area contributed by atoms with E-state index in [4.69, 9.17) is 4.74 Å². The smallest absolute Gasteiger partial charge is 0.331 e. The summed E-state index contributed by atoms with van der Waals surface area (Å²) in [7, 11) is 1.34. The second kappa shape index (κ2) is 6.74. The zero-order valence-electron chi connectivity index (χ0n) is 13.8. The number of hydrogen-bond acceptors (Lipinski definition) is 3. The summed E-state index contributed by atoms with van der Waals surface area (Å²) in [6.45, 7) is 9.49. The van der Waals surface area contributed by atoms with Gasteiger partial charge in [0, 0.05) is 5.56 Å².